The molecule has 2 aromatic heterocycles. The van der Waals surface area contributed by atoms with E-state index in [0.717, 1.165) is 6.20 Å². The quantitative estimate of drug-likeness (QED) is 0.901. The third-order valence-corrected chi connectivity index (χ3v) is 2.86. The minimum absolute atomic E-state index is 0.180. The van der Waals surface area contributed by atoms with Crippen LogP contribution < -0.4 is 5.32 Å². The van der Waals surface area contributed by atoms with E-state index in [2.05, 4.69) is 15.3 Å². The number of amides is 1. The average molecular weight is 263 g/mol. The molecule has 1 amide bonds. The second-order valence-electron chi connectivity index (χ2n) is 4.17. The number of pyridine rings is 1. The highest BCUT2D eigenvalue weighted by atomic mass is 19.1. The van der Waals surface area contributed by atoms with Crippen LogP contribution in [0.4, 0.5) is 4.39 Å². The zero-order chi connectivity index (χ0) is 14.2. The standard InChI is InChI=1S/C13H14FN3O2/c1-6-10(12-7(2)19-8(3)17-12)9(14)5-16-11(6)13(18)15-4/h5H,1-4H3,(H,15,18). The fourth-order valence-electron chi connectivity index (χ4n) is 1.98. The largest absolute Gasteiger partial charge is 0.446 e. The Labute approximate surface area is 109 Å². The Bertz CT molecular complexity index is 650. The van der Waals surface area contributed by atoms with E-state index in [1.807, 2.05) is 0 Å². The number of hydrogen-bond acceptors (Lipinski definition) is 4. The third-order valence-electron chi connectivity index (χ3n) is 2.86. The summed E-state index contributed by atoms with van der Waals surface area (Å²) in [6.07, 6.45) is 1.02. The molecule has 0 fully saturated rings. The number of aryl methyl sites for hydroxylation is 2. The average Bonchev–Trinajstić information content (AvgIpc) is 2.68. The number of oxazole rings is 1. The van der Waals surface area contributed by atoms with Crippen molar-refractivity contribution >= 4 is 5.91 Å². The minimum atomic E-state index is -0.526. The van der Waals surface area contributed by atoms with Crippen LogP contribution in [0.5, 0.6) is 0 Å². The zero-order valence-electron chi connectivity index (χ0n) is 11.2. The predicted octanol–water partition coefficient (Wildman–Crippen LogP) is 2.16. The number of aromatic nitrogens is 2. The highest BCUT2D eigenvalue weighted by Crippen LogP contribution is 2.29. The van der Waals surface area contributed by atoms with Crippen LogP contribution in [0.15, 0.2) is 10.6 Å². The zero-order valence-corrected chi connectivity index (χ0v) is 11.2. The Morgan fingerprint density at radius 1 is 1.37 bits per heavy atom. The molecule has 6 heteroatoms. The van der Waals surface area contributed by atoms with Crippen LogP contribution in [0.2, 0.25) is 0 Å². The lowest BCUT2D eigenvalue weighted by Gasteiger charge is -2.09. The Kier molecular flexibility index (Phi) is 3.33. The molecule has 0 aromatic carbocycles. The molecule has 0 spiro atoms. The topological polar surface area (TPSA) is 68.0 Å². The van der Waals surface area contributed by atoms with Gasteiger partial charge in [-0.05, 0) is 19.4 Å². The van der Waals surface area contributed by atoms with Crippen LogP contribution in [0.1, 0.15) is 27.7 Å². The Balaban J connectivity index is 2.69. The fourth-order valence-corrected chi connectivity index (χ4v) is 1.98. The molecule has 2 rings (SSSR count). The monoisotopic (exact) mass is 263 g/mol. The van der Waals surface area contributed by atoms with Crippen molar-refractivity contribution in [1.82, 2.24) is 15.3 Å². The normalized spacial score (nSPS) is 10.6. The van der Waals surface area contributed by atoms with E-state index in [9.17, 15) is 9.18 Å². The molecule has 0 aliphatic carbocycles. The van der Waals surface area contributed by atoms with Crippen LogP contribution in [0, 0.1) is 26.6 Å². The number of carbonyl (C=O) groups excluding carboxylic acids is 1. The highest BCUT2D eigenvalue weighted by Gasteiger charge is 2.21. The Morgan fingerprint density at radius 3 is 2.58 bits per heavy atom. The molecule has 0 aliphatic heterocycles. The summed E-state index contributed by atoms with van der Waals surface area (Å²) in [6, 6.07) is 0. The van der Waals surface area contributed by atoms with Gasteiger partial charge >= 0.3 is 0 Å². The first-order valence-corrected chi connectivity index (χ1v) is 5.77. The summed E-state index contributed by atoms with van der Waals surface area (Å²) in [5.74, 6) is 0.0661. The van der Waals surface area contributed by atoms with Crippen LogP contribution in [0.25, 0.3) is 11.3 Å². The van der Waals surface area contributed by atoms with Crippen LogP contribution in [0.3, 0.4) is 0 Å². The maximum atomic E-state index is 14.0. The summed E-state index contributed by atoms with van der Waals surface area (Å²) in [5, 5.41) is 2.47. The lowest BCUT2D eigenvalue weighted by molar-refractivity contribution is 0.0957. The van der Waals surface area contributed by atoms with Gasteiger partial charge in [-0.2, -0.15) is 0 Å². The molecular formula is C13H14FN3O2. The van der Waals surface area contributed by atoms with Gasteiger partial charge in [-0.1, -0.05) is 0 Å². The lowest BCUT2D eigenvalue weighted by Crippen LogP contribution is -2.21. The highest BCUT2D eigenvalue weighted by molar-refractivity contribution is 5.95. The second-order valence-corrected chi connectivity index (χ2v) is 4.17. The van der Waals surface area contributed by atoms with E-state index < -0.39 is 5.82 Å². The van der Waals surface area contributed by atoms with Crippen LogP contribution in [-0.2, 0) is 0 Å². The second kappa shape index (κ2) is 4.79. The van der Waals surface area contributed by atoms with Gasteiger partial charge in [-0.3, -0.25) is 4.79 Å². The maximum Gasteiger partial charge on any atom is 0.269 e. The van der Waals surface area contributed by atoms with Gasteiger partial charge in [0, 0.05) is 19.5 Å². The smallest absolute Gasteiger partial charge is 0.269 e. The summed E-state index contributed by atoms with van der Waals surface area (Å²) in [6.45, 7) is 5.03. The first-order valence-electron chi connectivity index (χ1n) is 5.77. The molecule has 0 saturated carbocycles. The molecule has 2 aromatic rings. The molecule has 0 bridgehead atoms. The van der Waals surface area contributed by atoms with Crippen molar-refractivity contribution < 1.29 is 13.6 Å². The SMILES string of the molecule is CNC(=O)c1ncc(F)c(-c2nc(C)oc2C)c1C. The van der Waals surface area contributed by atoms with Gasteiger partial charge in [-0.25, -0.2) is 14.4 Å². The van der Waals surface area contributed by atoms with E-state index in [1.165, 1.54) is 7.05 Å². The van der Waals surface area contributed by atoms with E-state index in [1.54, 1.807) is 20.8 Å². The van der Waals surface area contributed by atoms with Gasteiger partial charge in [0.05, 0.1) is 6.20 Å². The summed E-state index contributed by atoms with van der Waals surface area (Å²) in [7, 11) is 1.50. The predicted molar refractivity (Wildman–Crippen MR) is 67.3 cm³/mol. The summed E-state index contributed by atoms with van der Waals surface area (Å²) >= 11 is 0. The molecular weight excluding hydrogens is 249 g/mol. The summed E-state index contributed by atoms with van der Waals surface area (Å²) in [5.41, 5.74) is 1.28. The molecule has 100 valence electrons. The van der Waals surface area contributed by atoms with E-state index in [-0.39, 0.29) is 17.2 Å². The molecule has 0 atom stereocenters. The molecule has 0 radical (unpaired) electrons. The Hall–Kier alpha value is -2.24. The van der Waals surface area contributed by atoms with Gasteiger partial charge < -0.3 is 9.73 Å². The molecule has 2 heterocycles. The van der Waals surface area contributed by atoms with Gasteiger partial charge in [-0.15, -0.1) is 0 Å². The fraction of sp³-hybridized carbons (Fsp3) is 0.308. The van der Waals surface area contributed by atoms with Crippen LogP contribution in [-0.4, -0.2) is 22.9 Å². The van der Waals surface area contributed by atoms with Crippen molar-refractivity contribution in [3.05, 3.63) is 34.9 Å². The Morgan fingerprint density at radius 2 is 2.05 bits per heavy atom. The maximum absolute atomic E-state index is 14.0. The molecule has 5 nitrogen and oxygen atoms in total. The minimum Gasteiger partial charge on any atom is -0.446 e. The number of halogens is 1. The van der Waals surface area contributed by atoms with Crippen molar-refractivity contribution in [2.45, 2.75) is 20.8 Å². The van der Waals surface area contributed by atoms with Gasteiger partial charge in [0.15, 0.2) is 11.7 Å². The van der Waals surface area contributed by atoms with E-state index in [0.29, 0.717) is 22.9 Å². The number of hydrogen-bond donors (Lipinski definition) is 1. The van der Waals surface area contributed by atoms with Gasteiger partial charge in [0.1, 0.15) is 17.1 Å². The molecule has 0 saturated heterocycles. The third kappa shape index (κ3) is 2.21. The summed E-state index contributed by atoms with van der Waals surface area (Å²) < 4.78 is 19.3. The van der Waals surface area contributed by atoms with Crippen LogP contribution >= 0.6 is 0 Å². The van der Waals surface area contributed by atoms with Gasteiger partial charge in [0.25, 0.3) is 5.91 Å². The number of rotatable bonds is 2. The summed E-state index contributed by atoms with van der Waals surface area (Å²) in [4.78, 5) is 19.7. The van der Waals surface area contributed by atoms with Crippen molar-refractivity contribution in [3.63, 3.8) is 0 Å². The lowest BCUT2D eigenvalue weighted by atomic mass is 10.0. The number of carbonyl (C=O) groups is 1. The van der Waals surface area contributed by atoms with Gasteiger partial charge in [0.2, 0.25) is 0 Å². The molecule has 1 N–H and O–H groups in total. The molecule has 19 heavy (non-hydrogen) atoms. The van der Waals surface area contributed by atoms with Crippen molar-refractivity contribution in [1.29, 1.82) is 0 Å². The van der Waals surface area contributed by atoms with Crippen molar-refractivity contribution in [3.8, 4) is 11.3 Å². The number of nitrogens with one attached hydrogen (secondary N) is 1. The molecule has 0 aliphatic rings. The first-order chi connectivity index (χ1) is 8.95. The van der Waals surface area contributed by atoms with E-state index in [4.69, 9.17) is 4.42 Å². The van der Waals surface area contributed by atoms with Crippen molar-refractivity contribution in [2.75, 3.05) is 7.05 Å². The van der Waals surface area contributed by atoms with Crippen molar-refractivity contribution in [2.24, 2.45) is 0 Å². The first kappa shape index (κ1) is 13.2. The number of nitrogens with zero attached hydrogens (tertiary/aromatic N) is 2. The van der Waals surface area contributed by atoms with E-state index >= 15 is 0 Å². The molecule has 0 unspecified atom stereocenters.